The van der Waals surface area contributed by atoms with E-state index < -0.39 is 17.4 Å². The fourth-order valence-electron chi connectivity index (χ4n) is 1.47. The summed E-state index contributed by atoms with van der Waals surface area (Å²) in [5.74, 6) is 0. The summed E-state index contributed by atoms with van der Waals surface area (Å²) in [4.78, 5) is 0. The van der Waals surface area contributed by atoms with E-state index in [0.717, 1.165) is 4.68 Å². The fraction of sp³-hybridized carbons (Fsp3) is 0.0909. The van der Waals surface area contributed by atoms with Crippen molar-refractivity contribution in [1.82, 2.24) is 9.78 Å². The van der Waals surface area contributed by atoms with Gasteiger partial charge in [-0.3, -0.25) is 0 Å². The highest BCUT2D eigenvalue weighted by molar-refractivity contribution is 9.10. The van der Waals surface area contributed by atoms with Crippen molar-refractivity contribution in [3.8, 4) is 11.8 Å². The lowest BCUT2D eigenvalue weighted by atomic mass is 10.2. The van der Waals surface area contributed by atoms with E-state index in [1.54, 1.807) is 18.2 Å². The zero-order chi connectivity index (χ0) is 14.2. The van der Waals surface area contributed by atoms with Gasteiger partial charge >= 0.3 is 6.18 Å². The van der Waals surface area contributed by atoms with Crippen LogP contribution in [0.4, 0.5) is 13.2 Å². The predicted molar refractivity (Wildman–Crippen MR) is 66.0 cm³/mol. The molecule has 0 unspecified atom stereocenters. The highest BCUT2D eigenvalue weighted by Gasteiger charge is 2.39. The molecule has 1 aromatic heterocycles. The second-order valence-corrected chi connectivity index (χ2v) is 4.79. The van der Waals surface area contributed by atoms with E-state index in [4.69, 9.17) is 16.9 Å². The largest absolute Gasteiger partial charge is 0.436 e. The Hall–Kier alpha value is -1.52. The third-order valence-electron chi connectivity index (χ3n) is 2.26. The molecule has 0 bridgehead atoms. The molecule has 0 saturated heterocycles. The van der Waals surface area contributed by atoms with Gasteiger partial charge in [-0.15, -0.1) is 0 Å². The van der Waals surface area contributed by atoms with Crippen LogP contribution in [0, 0.1) is 11.3 Å². The topological polar surface area (TPSA) is 41.6 Å². The van der Waals surface area contributed by atoms with Gasteiger partial charge in [0.1, 0.15) is 11.6 Å². The minimum atomic E-state index is -4.73. The monoisotopic (exact) mass is 349 g/mol. The van der Waals surface area contributed by atoms with Crippen molar-refractivity contribution >= 4 is 27.5 Å². The van der Waals surface area contributed by atoms with Crippen molar-refractivity contribution in [2.75, 3.05) is 0 Å². The maximum Gasteiger partial charge on any atom is 0.436 e. The Labute approximate surface area is 119 Å². The zero-order valence-electron chi connectivity index (χ0n) is 9.04. The van der Waals surface area contributed by atoms with Gasteiger partial charge in [0.2, 0.25) is 0 Å². The standard InChI is InChI=1S/C11H4BrClF3N3/c12-6-2-1-3-7(4-6)19-10(13)8(5-17)9(18-19)11(14,15)16/h1-4H. The van der Waals surface area contributed by atoms with Crippen LogP contribution >= 0.6 is 27.5 Å². The lowest BCUT2D eigenvalue weighted by Gasteiger charge is -2.03. The van der Waals surface area contributed by atoms with E-state index in [9.17, 15) is 13.2 Å². The number of benzene rings is 1. The summed E-state index contributed by atoms with van der Waals surface area (Å²) < 4.78 is 39.7. The number of alkyl halides is 3. The molecule has 2 aromatic rings. The molecule has 8 heteroatoms. The van der Waals surface area contributed by atoms with E-state index >= 15 is 0 Å². The van der Waals surface area contributed by atoms with Gasteiger partial charge in [0.15, 0.2) is 10.8 Å². The first-order chi connectivity index (χ1) is 8.84. The van der Waals surface area contributed by atoms with Gasteiger partial charge in [-0.25, -0.2) is 4.68 Å². The molecular formula is C11H4BrClF3N3. The fourth-order valence-corrected chi connectivity index (χ4v) is 2.13. The molecule has 1 heterocycles. The zero-order valence-corrected chi connectivity index (χ0v) is 11.4. The smallest absolute Gasteiger partial charge is 0.220 e. The summed E-state index contributed by atoms with van der Waals surface area (Å²) in [5, 5.41) is 11.8. The quantitative estimate of drug-likeness (QED) is 0.774. The van der Waals surface area contributed by atoms with Crippen LogP contribution < -0.4 is 0 Å². The average Bonchev–Trinajstić information content (AvgIpc) is 2.66. The van der Waals surface area contributed by atoms with Crippen LogP contribution in [0.2, 0.25) is 5.15 Å². The Bertz CT molecular complexity index is 673. The Balaban J connectivity index is 2.68. The summed E-state index contributed by atoms with van der Waals surface area (Å²) >= 11 is 8.98. The second kappa shape index (κ2) is 4.87. The molecule has 0 spiro atoms. The van der Waals surface area contributed by atoms with Crippen molar-refractivity contribution in [2.24, 2.45) is 0 Å². The molecule has 0 aliphatic rings. The lowest BCUT2D eigenvalue weighted by Crippen LogP contribution is -2.08. The van der Waals surface area contributed by atoms with Crippen LogP contribution in [0.1, 0.15) is 11.3 Å². The van der Waals surface area contributed by atoms with Crippen molar-refractivity contribution < 1.29 is 13.2 Å². The van der Waals surface area contributed by atoms with Crippen LogP contribution in [-0.4, -0.2) is 9.78 Å². The Morgan fingerprint density at radius 3 is 2.53 bits per heavy atom. The van der Waals surface area contributed by atoms with Crippen LogP contribution in [0.15, 0.2) is 28.7 Å². The summed E-state index contributed by atoms with van der Waals surface area (Å²) in [7, 11) is 0. The molecule has 0 aliphatic carbocycles. The van der Waals surface area contributed by atoms with E-state index in [-0.39, 0.29) is 5.15 Å². The number of aromatic nitrogens is 2. The van der Waals surface area contributed by atoms with Crippen LogP contribution in [0.5, 0.6) is 0 Å². The molecule has 2 rings (SSSR count). The van der Waals surface area contributed by atoms with Gasteiger partial charge in [-0.2, -0.15) is 23.5 Å². The van der Waals surface area contributed by atoms with E-state index in [1.165, 1.54) is 12.1 Å². The highest BCUT2D eigenvalue weighted by atomic mass is 79.9. The van der Waals surface area contributed by atoms with Crippen molar-refractivity contribution in [3.05, 3.63) is 45.1 Å². The van der Waals surface area contributed by atoms with E-state index in [2.05, 4.69) is 21.0 Å². The summed E-state index contributed by atoms with van der Waals surface area (Å²) in [6, 6.07) is 7.83. The SMILES string of the molecule is N#Cc1c(C(F)(F)F)nn(-c2cccc(Br)c2)c1Cl. The third kappa shape index (κ3) is 2.60. The molecule has 0 amide bonds. The number of hydrogen-bond acceptors (Lipinski definition) is 2. The third-order valence-corrected chi connectivity index (χ3v) is 3.10. The molecule has 3 nitrogen and oxygen atoms in total. The summed E-state index contributed by atoms with van der Waals surface area (Å²) in [6.45, 7) is 0. The van der Waals surface area contributed by atoms with Crippen molar-refractivity contribution in [2.45, 2.75) is 6.18 Å². The Kier molecular flexibility index (Phi) is 3.56. The Morgan fingerprint density at radius 1 is 1.37 bits per heavy atom. The van der Waals surface area contributed by atoms with Gasteiger partial charge < -0.3 is 0 Å². The normalized spacial score (nSPS) is 11.4. The molecule has 0 fully saturated rings. The van der Waals surface area contributed by atoms with Crippen LogP contribution in [0.3, 0.4) is 0 Å². The molecule has 0 radical (unpaired) electrons. The summed E-state index contributed by atoms with van der Waals surface area (Å²) in [5.41, 5.74) is -1.65. The number of hydrogen-bond donors (Lipinski definition) is 0. The van der Waals surface area contributed by atoms with Crippen LogP contribution in [0.25, 0.3) is 5.69 Å². The molecule has 0 aliphatic heterocycles. The lowest BCUT2D eigenvalue weighted by molar-refractivity contribution is -0.141. The van der Waals surface area contributed by atoms with Gasteiger partial charge in [-0.1, -0.05) is 33.6 Å². The predicted octanol–water partition coefficient (Wildman–Crippen LogP) is 4.18. The van der Waals surface area contributed by atoms with Gasteiger partial charge in [0.05, 0.1) is 5.69 Å². The van der Waals surface area contributed by atoms with Gasteiger partial charge in [0, 0.05) is 4.47 Å². The number of nitriles is 1. The molecular weight excluding hydrogens is 346 g/mol. The Morgan fingerprint density at radius 2 is 2.05 bits per heavy atom. The molecule has 0 N–H and O–H groups in total. The molecule has 1 aromatic carbocycles. The highest BCUT2D eigenvalue weighted by Crippen LogP contribution is 2.35. The maximum atomic E-state index is 12.7. The van der Waals surface area contributed by atoms with Gasteiger partial charge in [0.25, 0.3) is 0 Å². The number of nitrogens with zero attached hydrogens (tertiary/aromatic N) is 3. The second-order valence-electron chi connectivity index (χ2n) is 3.52. The van der Waals surface area contributed by atoms with Gasteiger partial charge in [-0.05, 0) is 18.2 Å². The minimum Gasteiger partial charge on any atom is -0.220 e. The molecule has 98 valence electrons. The van der Waals surface area contributed by atoms with E-state index in [1.807, 2.05) is 0 Å². The number of rotatable bonds is 1. The first-order valence-electron chi connectivity index (χ1n) is 4.86. The van der Waals surface area contributed by atoms with Crippen molar-refractivity contribution in [3.63, 3.8) is 0 Å². The first kappa shape index (κ1) is 13.9. The maximum absolute atomic E-state index is 12.7. The average molecular weight is 351 g/mol. The van der Waals surface area contributed by atoms with Crippen LogP contribution in [-0.2, 0) is 6.18 Å². The molecule has 0 saturated carbocycles. The van der Waals surface area contributed by atoms with Crippen molar-refractivity contribution in [1.29, 1.82) is 5.26 Å². The number of halogens is 5. The molecule has 19 heavy (non-hydrogen) atoms. The first-order valence-corrected chi connectivity index (χ1v) is 6.03. The molecule has 0 atom stereocenters. The van der Waals surface area contributed by atoms with E-state index in [0.29, 0.717) is 10.2 Å². The summed E-state index contributed by atoms with van der Waals surface area (Å²) in [6.07, 6.45) is -4.73. The minimum absolute atomic E-state index is 0.325.